The monoisotopic (exact) mass is 389 g/mol. The first kappa shape index (κ1) is 20.5. The van der Waals surface area contributed by atoms with Crippen molar-refractivity contribution in [1.29, 1.82) is 5.26 Å². The van der Waals surface area contributed by atoms with Crippen LogP contribution in [-0.4, -0.2) is 35.1 Å². The van der Waals surface area contributed by atoms with E-state index in [1.54, 1.807) is 6.20 Å². The molecular weight excluding hydrogens is 366 g/mol. The number of ether oxygens (including phenoxy) is 2. The Morgan fingerprint density at radius 2 is 1.90 bits per heavy atom. The molecule has 0 aliphatic heterocycles. The lowest BCUT2D eigenvalue weighted by molar-refractivity contribution is -0.00328. The van der Waals surface area contributed by atoms with Crippen molar-refractivity contribution in [3.05, 3.63) is 65.9 Å². The molecule has 0 unspecified atom stereocenters. The van der Waals surface area contributed by atoms with E-state index >= 15 is 0 Å². The second-order valence-corrected chi connectivity index (χ2v) is 6.73. The molecule has 0 radical (unpaired) electrons. The Morgan fingerprint density at radius 3 is 2.52 bits per heavy atom. The minimum atomic E-state index is -0.111. The van der Waals surface area contributed by atoms with Crippen molar-refractivity contribution in [3.63, 3.8) is 0 Å². The molecule has 0 fully saturated rings. The molecule has 0 saturated heterocycles. The fourth-order valence-corrected chi connectivity index (χ4v) is 2.88. The fourth-order valence-electron chi connectivity index (χ4n) is 2.88. The number of hydrogen-bond donors (Lipinski definition) is 1. The molecule has 148 valence electrons. The first-order valence-corrected chi connectivity index (χ1v) is 9.42. The SMILES string of the molecule is CC(C)c1ccc(-c2cc(-c3ccccn3)nc(OCOCCO)c2C#N)cc1. The summed E-state index contributed by atoms with van der Waals surface area (Å²) < 4.78 is 10.8. The molecule has 0 saturated carbocycles. The lowest BCUT2D eigenvalue weighted by Gasteiger charge is -2.14. The van der Waals surface area contributed by atoms with Gasteiger partial charge in [-0.3, -0.25) is 4.98 Å². The number of aromatic nitrogens is 2. The number of hydrogen-bond acceptors (Lipinski definition) is 6. The zero-order valence-corrected chi connectivity index (χ0v) is 16.5. The van der Waals surface area contributed by atoms with Crippen LogP contribution in [0.4, 0.5) is 0 Å². The molecule has 0 atom stereocenters. The van der Waals surface area contributed by atoms with Crippen molar-refractivity contribution in [2.75, 3.05) is 20.0 Å². The molecule has 0 spiro atoms. The van der Waals surface area contributed by atoms with Crippen LogP contribution >= 0.6 is 0 Å². The van der Waals surface area contributed by atoms with Gasteiger partial charge in [0.2, 0.25) is 5.88 Å². The van der Waals surface area contributed by atoms with Gasteiger partial charge in [-0.1, -0.05) is 44.2 Å². The molecule has 3 aromatic rings. The van der Waals surface area contributed by atoms with Crippen molar-refractivity contribution < 1.29 is 14.6 Å². The maximum Gasteiger partial charge on any atom is 0.235 e. The lowest BCUT2D eigenvalue weighted by Crippen LogP contribution is -2.09. The van der Waals surface area contributed by atoms with Gasteiger partial charge in [-0.25, -0.2) is 4.98 Å². The van der Waals surface area contributed by atoms with Gasteiger partial charge in [0.25, 0.3) is 0 Å². The van der Waals surface area contributed by atoms with Crippen LogP contribution in [0.5, 0.6) is 5.88 Å². The Hall–Kier alpha value is -3.27. The standard InChI is InChI=1S/C23H23N3O3/c1-16(2)17-6-8-18(9-7-17)19-13-22(21-5-3-4-10-25-21)26-23(20(19)14-24)29-15-28-12-11-27/h3-10,13,16,27H,11-12,15H2,1-2H3. The van der Waals surface area contributed by atoms with Gasteiger partial charge in [0.1, 0.15) is 11.6 Å². The Kier molecular flexibility index (Phi) is 6.90. The zero-order chi connectivity index (χ0) is 20.6. The second-order valence-electron chi connectivity index (χ2n) is 6.73. The average molecular weight is 389 g/mol. The largest absolute Gasteiger partial charge is 0.449 e. The van der Waals surface area contributed by atoms with Crippen molar-refractivity contribution in [2.24, 2.45) is 0 Å². The van der Waals surface area contributed by atoms with E-state index in [1.165, 1.54) is 5.56 Å². The smallest absolute Gasteiger partial charge is 0.235 e. The summed E-state index contributed by atoms with van der Waals surface area (Å²) in [4.78, 5) is 8.86. The summed E-state index contributed by atoms with van der Waals surface area (Å²) in [5, 5.41) is 18.7. The van der Waals surface area contributed by atoms with Crippen LogP contribution in [0.2, 0.25) is 0 Å². The highest BCUT2D eigenvalue weighted by Gasteiger charge is 2.17. The summed E-state index contributed by atoms with van der Waals surface area (Å²) in [5.41, 5.74) is 4.44. The summed E-state index contributed by atoms with van der Waals surface area (Å²) in [5.74, 6) is 0.597. The van der Waals surface area contributed by atoms with Gasteiger partial charge in [0.05, 0.1) is 24.6 Å². The highest BCUT2D eigenvalue weighted by atomic mass is 16.7. The molecule has 29 heavy (non-hydrogen) atoms. The van der Waals surface area contributed by atoms with Crippen LogP contribution in [0.3, 0.4) is 0 Å². The third kappa shape index (κ3) is 4.96. The number of aliphatic hydroxyl groups excluding tert-OH is 1. The third-order valence-electron chi connectivity index (χ3n) is 4.43. The molecule has 0 bridgehead atoms. The molecule has 6 heteroatoms. The quantitative estimate of drug-likeness (QED) is 0.460. The maximum atomic E-state index is 9.80. The van der Waals surface area contributed by atoms with Crippen molar-refractivity contribution >= 4 is 0 Å². The normalized spacial score (nSPS) is 10.7. The van der Waals surface area contributed by atoms with E-state index in [0.717, 1.165) is 11.1 Å². The maximum absolute atomic E-state index is 9.80. The van der Waals surface area contributed by atoms with Crippen LogP contribution in [0.1, 0.15) is 30.9 Å². The number of nitrogens with zero attached hydrogens (tertiary/aromatic N) is 3. The molecule has 0 aliphatic rings. The van der Waals surface area contributed by atoms with Gasteiger partial charge in [0.15, 0.2) is 6.79 Å². The van der Waals surface area contributed by atoms with E-state index in [0.29, 0.717) is 22.9 Å². The lowest BCUT2D eigenvalue weighted by atomic mass is 9.96. The summed E-state index contributed by atoms with van der Waals surface area (Å²) in [6, 6.07) is 17.7. The number of pyridine rings is 2. The van der Waals surface area contributed by atoms with Crippen LogP contribution in [0.25, 0.3) is 22.5 Å². The zero-order valence-electron chi connectivity index (χ0n) is 16.5. The third-order valence-corrected chi connectivity index (χ3v) is 4.43. The molecule has 0 aliphatic carbocycles. The van der Waals surface area contributed by atoms with Crippen LogP contribution in [0.15, 0.2) is 54.7 Å². The molecule has 0 amide bonds. The van der Waals surface area contributed by atoms with Crippen molar-refractivity contribution in [1.82, 2.24) is 9.97 Å². The van der Waals surface area contributed by atoms with Gasteiger partial charge in [-0.05, 0) is 35.2 Å². The number of rotatable bonds is 8. The van der Waals surface area contributed by atoms with Crippen molar-refractivity contribution in [3.8, 4) is 34.5 Å². The van der Waals surface area contributed by atoms with Gasteiger partial charge in [-0.15, -0.1) is 0 Å². The molecular formula is C23H23N3O3. The molecule has 2 heterocycles. The van der Waals surface area contributed by atoms with Gasteiger partial charge in [-0.2, -0.15) is 5.26 Å². The second kappa shape index (κ2) is 9.78. The Labute approximate surface area is 170 Å². The average Bonchev–Trinajstić information content (AvgIpc) is 2.76. The molecule has 1 aromatic carbocycles. The minimum absolute atomic E-state index is 0.108. The predicted molar refractivity (Wildman–Crippen MR) is 110 cm³/mol. The Balaban J connectivity index is 2.08. The number of benzene rings is 1. The first-order valence-electron chi connectivity index (χ1n) is 9.42. The molecule has 3 rings (SSSR count). The highest BCUT2D eigenvalue weighted by Crippen LogP contribution is 2.33. The van der Waals surface area contributed by atoms with E-state index in [9.17, 15) is 5.26 Å². The van der Waals surface area contributed by atoms with E-state index < -0.39 is 0 Å². The number of nitriles is 1. The van der Waals surface area contributed by atoms with Crippen molar-refractivity contribution in [2.45, 2.75) is 19.8 Å². The van der Waals surface area contributed by atoms with Crippen LogP contribution in [-0.2, 0) is 4.74 Å². The van der Waals surface area contributed by atoms with E-state index in [1.807, 2.05) is 36.4 Å². The minimum Gasteiger partial charge on any atom is -0.449 e. The first-order chi connectivity index (χ1) is 14.1. The fraction of sp³-hybridized carbons (Fsp3) is 0.261. The van der Waals surface area contributed by atoms with Gasteiger partial charge in [0, 0.05) is 11.8 Å². The van der Waals surface area contributed by atoms with Crippen LogP contribution in [0, 0.1) is 11.3 Å². The van der Waals surface area contributed by atoms with E-state index in [-0.39, 0.29) is 25.9 Å². The molecule has 1 N–H and O–H groups in total. The van der Waals surface area contributed by atoms with Gasteiger partial charge < -0.3 is 14.6 Å². The Bertz CT molecular complexity index is 981. The topological polar surface area (TPSA) is 88.3 Å². The summed E-state index contributed by atoms with van der Waals surface area (Å²) in [6.45, 7) is 4.20. The van der Waals surface area contributed by atoms with E-state index in [4.69, 9.17) is 14.6 Å². The van der Waals surface area contributed by atoms with E-state index in [2.05, 4.69) is 42.0 Å². The number of aliphatic hydroxyl groups is 1. The van der Waals surface area contributed by atoms with Gasteiger partial charge >= 0.3 is 0 Å². The molecule has 6 nitrogen and oxygen atoms in total. The predicted octanol–water partition coefficient (Wildman–Crippen LogP) is 4.15. The summed E-state index contributed by atoms with van der Waals surface area (Å²) in [6.07, 6.45) is 1.69. The molecule has 2 aromatic heterocycles. The van der Waals surface area contributed by atoms with Crippen LogP contribution < -0.4 is 4.74 Å². The summed E-state index contributed by atoms with van der Waals surface area (Å²) in [7, 11) is 0. The highest BCUT2D eigenvalue weighted by molar-refractivity contribution is 5.77. The summed E-state index contributed by atoms with van der Waals surface area (Å²) >= 11 is 0. The Morgan fingerprint density at radius 1 is 1.10 bits per heavy atom.